The Labute approximate surface area is 98.2 Å². The van der Waals surface area contributed by atoms with E-state index in [2.05, 4.69) is 6.92 Å². The third-order valence-electron chi connectivity index (χ3n) is 4.07. The second kappa shape index (κ2) is 5.17. The van der Waals surface area contributed by atoms with Gasteiger partial charge in [0.2, 0.25) is 0 Å². The smallest absolute Gasteiger partial charge is 0.338 e. The fraction of sp³-hybridized carbons (Fsp3) is 0.923. The lowest BCUT2D eigenvalue weighted by Gasteiger charge is -2.42. The maximum Gasteiger partial charge on any atom is 0.338 e. The molecular formula is C13H24O3. The van der Waals surface area contributed by atoms with E-state index >= 15 is 0 Å². The Morgan fingerprint density at radius 1 is 1.38 bits per heavy atom. The molecule has 0 aromatic heterocycles. The number of methoxy groups -OCH3 is 1. The zero-order chi connectivity index (χ0) is 12.3. The summed E-state index contributed by atoms with van der Waals surface area (Å²) in [5.74, 6) is -0.152. The zero-order valence-electron chi connectivity index (χ0n) is 10.8. The predicted octanol–water partition coefficient (Wildman–Crippen LogP) is 2.37. The predicted molar refractivity (Wildman–Crippen MR) is 62.9 cm³/mol. The molecule has 0 spiro atoms. The minimum absolute atomic E-state index is 0.0358. The number of hydrogen-bond donors (Lipinski definition) is 1. The van der Waals surface area contributed by atoms with Crippen LogP contribution in [-0.2, 0) is 9.53 Å². The first kappa shape index (κ1) is 13.5. The zero-order valence-corrected chi connectivity index (χ0v) is 10.8. The van der Waals surface area contributed by atoms with Crippen molar-refractivity contribution >= 4 is 5.97 Å². The highest BCUT2D eigenvalue weighted by Crippen LogP contribution is 2.41. The average Bonchev–Trinajstić information content (AvgIpc) is 2.27. The first-order valence-electron chi connectivity index (χ1n) is 6.25. The average molecular weight is 228 g/mol. The van der Waals surface area contributed by atoms with Gasteiger partial charge in [-0.1, -0.05) is 40.0 Å². The van der Waals surface area contributed by atoms with Gasteiger partial charge < -0.3 is 9.84 Å². The fourth-order valence-corrected chi connectivity index (χ4v) is 2.95. The number of rotatable bonds is 3. The fourth-order valence-electron chi connectivity index (χ4n) is 2.95. The van der Waals surface area contributed by atoms with Crippen molar-refractivity contribution in [3.63, 3.8) is 0 Å². The Morgan fingerprint density at radius 2 is 1.94 bits per heavy atom. The van der Waals surface area contributed by atoms with Crippen LogP contribution in [0.5, 0.6) is 0 Å². The second-order valence-electron chi connectivity index (χ2n) is 5.34. The van der Waals surface area contributed by atoms with E-state index in [-0.39, 0.29) is 11.8 Å². The molecule has 1 fully saturated rings. The van der Waals surface area contributed by atoms with Crippen molar-refractivity contribution < 1.29 is 14.6 Å². The van der Waals surface area contributed by atoms with E-state index < -0.39 is 11.6 Å². The van der Waals surface area contributed by atoms with Crippen molar-refractivity contribution in [2.45, 2.75) is 52.1 Å². The second-order valence-corrected chi connectivity index (χ2v) is 5.34. The van der Waals surface area contributed by atoms with Crippen LogP contribution in [0.4, 0.5) is 0 Å². The molecule has 3 heteroatoms. The van der Waals surface area contributed by atoms with Gasteiger partial charge in [-0.3, -0.25) is 0 Å². The number of carbonyl (C=O) groups is 1. The molecule has 0 aliphatic heterocycles. The maximum absolute atomic E-state index is 11.8. The molecule has 0 aromatic rings. The molecule has 1 rings (SSSR count). The summed E-state index contributed by atoms with van der Waals surface area (Å²) in [6, 6.07) is 0. The number of ether oxygens (including phenoxy) is 1. The van der Waals surface area contributed by atoms with Crippen LogP contribution in [0.25, 0.3) is 0 Å². The molecule has 0 saturated heterocycles. The molecule has 0 aromatic carbocycles. The highest BCUT2D eigenvalue weighted by Gasteiger charge is 2.49. The summed E-state index contributed by atoms with van der Waals surface area (Å²) in [5, 5.41) is 10.7. The van der Waals surface area contributed by atoms with Crippen molar-refractivity contribution in [1.29, 1.82) is 0 Å². The van der Waals surface area contributed by atoms with Crippen LogP contribution in [0.1, 0.15) is 46.5 Å². The summed E-state index contributed by atoms with van der Waals surface area (Å²) in [4.78, 5) is 11.8. The van der Waals surface area contributed by atoms with E-state index in [4.69, 9.17) is 4.74 Å². The molecule has 3 atom stereocenters. The van der Waals surface area contributed by atoms with Gasteiger partial charge in [0.15, 0.2) is 5.60 Å². The van der Waals surface area contributed by atoms with E-state index in [1.807, 2.05) is 13.8 Å². The Hall–Kier alpha value is -0.570. The third-order valence-corrected chi connectivity index (χ3v) is 4.07. The van der Waals surface area contributed by atoms with Crippen molar-refractivity contribution in [3.05, 3.63) is 0 Å². The Balaban J connectivity index is 2.95. The van der Waals surface area contributed by atoms with Crippen molar-refractivity contribution in [1.82, 2.24) is 0 Å². The largest absolute Gasteiger partial charge is 0.467 e. The molecule has 16 heavy (non-hydrogen) atoms. The van der Waals surface area contributed by atoms with Crippen molar-refractivity contribution in [2.24, 2.45) is 17.8 Å². The van der Waals surface area contributed by atoms with Gasteiger partial charge in [0.05, 0.1) is 7.11 Å². The van der Waals surface area contributed by atoms with Crippen LogP contribution in [0.3, 0.4) is 0 Å². The van der Waals surface area contributed by atoms with E-state index in [0.29, 0.717) is 5.92 Å². The van der Waals surface area contributed by atoms with Crippen LogP contribution in [0, 0.1) is 17.8 Å². The summed E-state index contributed by atoms with van der Waals surface area (Å²) < 4.78 is 4.79. The quantitative estimate of drug-likeness (QED) is 0.754. The van der Waals surface area contributed by atoms with Gasteiger partial charge in [-0.05, 0) is 18.3 Å². The molecule has 1 aliphatic carbocycles. The first-order valence-corrected chi connectivity index (χ1v) is 6.25. The molecule has 1 aliphatic rings. The molecular weight excluding hydrogens is 204 g/mol. The van der Waals surface area contributed by atoms with Crippen LogP contribution in [-0.4, -0.2) is 23.8 Å². The summed E-state index contributed by atoms with van der Waals surface area (Å²) in [5.41, 5.74) is -1.31. The highest BCUT2D eigenvalue weighted by molar-refractivity contribution is 5.80. The lowest BCUT2D eigenvalue weighted by atomic mass is 9.67. The maximum atomic E-state index is 11.8. The number of hydrogen-bond acceptors (Lipinski definition) is 3. The van der Waals surface area contributed by atoms with Crippen molar-refractivity contribution in [3.8, 4) is 0 Å². The first-order chi connectivity index (χ1) is 7.44. The third kappa shape index (κ3) is 2.24. The summed E-state index contributed by atoms with van der Waals surface area (Å²) >= 11 is 0. The van der Waals surface area contributed by atoms with Crippen LogP contribution in [0.2, 0.25) is 0 Å². The van der Waals surface area contributed by atoms with Gasteiger partial charge in [-0.15, -0.1) is 0 Å². The SMILES string of the molecule is COC(=O)C(O)(C(C)C)C1CCCCC1C. The van der Waals surface area contributed by atoms with Gasteiger partial charge in [0.25, 0.3) is 0 Å². The normalized spacial score (nSPS) is 29.9. The molecule has 3 unspecified atom stereocenters. The van der Waals surface area contributed by atoms with E-state index in [1.165, 1.54) is 13.5 Å². The van der Waals surface area contributed by atoms with Crippen LogP contribution < -0.4 is 0 Å². The topological polar surface area (TPSA) is 46.5 Å². The Morgan fingerprint density at radius 3 is 2.38 bits per heavy atom. The van der Waals surface area contributed by atoms with Gasteiger partial charge in [-0.2, -0.15) is 0 Å². The van der Waals surface area contributed by atoms with Gasteiger partial charge in [0, 0.05) is 5.92 Å². The Bertz CT molecular complexity index is 250. The van der Waals surface area contributed by atoms with Gasteiger partial charge in [-0.25, -0.2) is 4.79 Å². The summed E-state index contributed by atoms with van der Waals surface area (Å²) in [6.07, 6.45) is 4.32. The Kier molecular flexibility index (Phi) is 4.36. The monoisotopic (exact) mass is 228 g/mol. The summed E-state index contributed by atoms with van der Waals surface area (Å²) in [7, 11) is 1.35. The molecule has 0 bridgehead atoms. The molecule has 0 heterocycles. The molecule has 3 nitrogen and oxygen atoms in total. The van der Waals surface area contributed by atoms with E-state index in [9.17, 15) is 9.90 Å². The standard InChI is InChI=1S/C13H24O3/c1-9(2)13(15,12(14)16-4)11-8-6-5-7-10(11)3/h9-11,15H,5-8H2,1-4H3. The van der Waals surface area contributed by atoms with Gasteiger partial charge in [0.1, 0.15) is 0 Å². The minimum Gasteiger partial charge on any atom is -0.467 e. The number of carbonyl (C=O) groups excluding carboxylic acids is 1. The van der Waals surface area contributed by atoms with E-state index in [0.717, 1.165) is 19.3 Å². The van der Waals surface area contributed by atoms with Crippen LogP contribution in [0.15, 0.2) is 0 Å². The van der Waals surface area contributed by atoms with Crippen LogP contribution >= 0.6 is 0 Å². The lowest BCUT2D eigenvalue weighted by Crippen LogP contribution is -2.53. The molecule has 94 valence electrons. The minimum atomic E-state index is -1.31. The number of aliphatic hydroxyl groups is 1. The molecule has 0 amide bonds. The highest BCUT2D eigenvalue weighted by atomic mass is 16.5. The van der Waals surface area contributed by atoms with E-state index in [1.54, 1.807) is 0 Å². The number of esters is 1. The molecule has 0 radical (unpaired) electrons. The van der Waals surface area contributed by atoms with Crippen molar-refractivity contribution in [2.75, 3.05) is 7.11 Å². The molecule has 1 saturated carbocycles. The van der Waals surface area contributed by atoms with Gasteiger partial charge >= 0.3 is 5.97 Å². The lowest BCUT2D eigenvalue weighted by molar-refractivity contribution is -0.180. The molecule has 1 N–H and O–H groups in total. The summed E-state index contributed by atoms with van der Waals surface area (Å²) in [6.45, 7) is 5.90.